The van der Waals surface area contributed by atoms with Gasteiger partial charge in [-0.05, 0) is 83.0 Å². The first-order chi connectivity index (χ1) is 20.9. The van der Waals surface area contributed by atoms with Crippen LogP contribution in [-0.2, 0) is 21.3 Å². The van der Waals surface area contributed by atoms with Crippen molar-refractivity contribution in [3.63, 3.8) is 0 Å². The SMILES string of the molecule is CCn1cc(-c2ccnc(Nc3ccc(S(=O)(=O)N(C)C4CCN(C(=O)OC(C)(C)C)CC4)cc3)n2)c(-c2cccnc2)n1. The van der Waals surface area contributed by atoms with E-state index in [-0.39, 0.29) is 17.0 Å². The van der Waals surface area contributed by atoms with Crippen LogP contribution in [0.15, 0.2) is 72.1 Å². The predicted molar refractivity (Wildman–Crippen MR) is 168 cm³/mol. The molecule has 1 saturated heterocycles. The van der Waals surface area contributed by atoms with Crippen molar-refractivity contribution in [2.24, 2.45) is 0 Å². The summed E-state index contributed by atoms with van der Waals surface area (Å²) in [5, 5.41) is 7.88. The molecule has 1 aliphatic heterocycles. The molecule has 1 fully saturated rings. The summed E-state index contributed by atoms with van der Waals surface area (Å²) < 4.78 is 35.6. The lowest BCUT2D eigenvalue weighted by molar-refractivity contribution is 0.0183. The van der Waals surface area contributed by atoms with Crippen molar-refractivity contribution < 1.29 is 17.9 Å². The van der Waals surface area contributed by atoms with E-state index in [1.54, 1.807) is 54.8 Å². The number of aryl methyl sites for hydroxylation is 1. The monoisotopic (exact) mass is 618 g/mol. The third-order valence-corrected chi connectivity index (χ3v) is 9.29. The maximum atomic E-state index is 13.4. The zero-order valence-electron chi connectivity index (χ0n) is 25.6. The van der Waals surface area contributed by atoms with Gasteiger partial charge >= 0.3 is 6.09 Å². The van der Waals surface area contributed by atoms with E-state index in [9.17, 15) is 13.2 Å². The van der Waals surface area contributed by atoms with Gasteiger partial charge in [-0.1, -0.05) is 0 Å². The molecule has 0 unspecified atom stereocenters. The molecule has 0 radical (unpaired) electrons. The van der Waals surface area contributed by atoms with Crippen LogP contribution in [0.4, 0.5) is 16.4 Å². The summed E-state index contributed by atoms with van der Waals surface area (Å²) in [5.74, 6) is 0.369. The summed E-state index contributed by atoms with van der Waals surface area (Å²) in [6, 6.07) is 12.0. The van der Waals surface area contributed by atoms with Gasteiger partial charge in [-0.15, -0.1) is 0 Å². The molecule has 12 nitrogen and oxygen atoms in total. The Balaban J connectivity index is 1.26. The summed E-state index contributed by atoms with van der Waals surface area (Å²) in [5.41, 5.74) is 3.28. The molecule has 1 aliphatic rings. The summed E-state index contributed by atoms with van der Waals surface area (Å²) in [7, 11) is -2.15. The Morgan fingerprint density at radius 2 is 1.82 bits per heavy atom. The minimum Gasteiger partial charge on any atom is -0.444 e. The predicted octanol–water partition coefficient (Wildman–Crippen LogP) is 5.19. The second-order valence-corrected chi connectivity index (χ2v) is 13.6. The van der Waals surface area contributed by atoms with E-state index in [4.69, 9.17) is 14.8 Å². The van der Waals surface area contributed by atoms with Crippen molar-refractivity contribution >= 4 is 27.8 Å². The number of benzene rings is 1. The standard InChI is InChI=1S/C31H38N8O4S/c1-6-39-21-26(28(36-39)22-8-7-16-32-20-22)27-13-17-33-29(35-27)34-23-9-11-25(12-10-23)44(41,42)37(5)24-14-18-38(19-15-24)30(40)43-31(2,3)4/h7-13,16-17,20-21,24H,6,14-15,18-19H2,1-5H3,(H,33,34,35). The molecule has 0 spiro atoms. The van der Waals surface area contributed by atoms with E-state index in [1.807, 2.05) is 56.8 Å². The second-order valence-electron chi connectivity index (χ2n) is 11.6. The smallest absolute Gasteiger partial charge is 0.410 e. The lowest BCUT2D eigenvalue weighted by Gasteiger charge is -2.36. The van der Waals surface area contributed by atoms with Crippen LogP contribution in [0.5, 0.6) is 0 Å². The zero-order chi connectivity index (χ0) is 31.5. The summed E-state index contributed by atoms with van der Waals surface area (Å²) in [6.07, 6.45) is 7.80. The first-order valence-corrected chi connectivity index (χ1v) is 16.0. The van der Waals surface area contributed by atoms with Gasteiger partial charge in [-0.2, -0.15) is 9.40 Å². The first kappa shape index (κ1) is 31.1. The number of hydrogen-bond acceptors (Lipinski definition) is 9. The third-order valence-electron chi connectivity index (χ3n) is 7.37. The molecule has 5 rings (SSSR count). The Kier molecular flexibility index (Phi) is 8.97. The average Bonchev–Trinajstić information content (AvgIpc) is 3.46. The van der Waals surface area contributed by atoms with Gasteiger partial charge < -0.3 is 15.0 Å². The fourth-order valence-corrected chi connectivity index (χ4v) is 6.41. The Bertz CT molecular complexity index is 1690. The lowest BCUT2D eigenvalue weighted by Crippen LogP contribution is -2.48. The van der Waals surface area contributed by atoms with Crippen molar-refractivity contribution in [2.45, 2.75) is 63.6 Å². The number of nitrogens with one attached hydrogen (secondary N) is 1. The third kappa shape index (κ3) is 7.05. The number of aromatic nitrogens is 5. The highest BCUT2D eigenvalue weighted by Gasteiger charge is 2.33. The van der Waals surface area contributed by atoms with Gasteiger partial charge in [0.15, 0.2) is 0 Å². The lowest BCUT2D eigenvalue weighted by atomic mass is 10.1. The van der Waals surface area contributed by atoms with Crippen LogP contribution >= 0.6 is 0 Å². The van der Waals surface area contributed by atoms with Gasteiger partial charge in [0.05, 0.1) is 10.6 Å². The minimum absolute atomic E-state index is 0.183. The Labute approximate surface area is 258 Å². The highest BCUT2D eigenvalue weighted by molar-refractivity contribution is 7.89. The maximum Gasteiger partial charge on any atom is 0.410 e. The maximum absolute atomic E-state index is 13.4. The Hall–Kier alpha value is -4.36. The molecule has 0 aliphatic carbocycles. The molecule has 0 atom stereocenters. The Morgan fingerprint density at radius 3 is 2.45 bits per heavy atom. The van der Waals surface area contributed by atoms with Crippen LogP contribution in [0.3, 0.4) is 0 Å². The van der Waals surface area contributed by atoms with Crippen LogP contribution in [0.2, 0.25) is 0 Å². The van der Waals surface area contributed by atoms with E-state index in [0.29, 0.717) is 49.8 Å². The number of nitrogens with zero attached hydrogens (tertiary/aromatic N) is 7. The molecule has 1 aromatic carbocycles. The number of likely N-dealkylation sites (tertiary alicyclic amines) is 1. The van der Waals surface area contributed by atoms with Crippen molar-refractivity contribution in [3.8, 4) is 22.5 Å². The van der Waals surface area contributed by atoms with E-state index >= 15 is 0 Å². The minimum atomic E-state index is -3.74. The van der Waals surface area contributed by atoms with Gasteiger partial charge in [-0.3, -0.25) is 9.67 Å². The number of sulfonamides is 1. The molecule has 44 heavy (non-hydrogen) atoms. The number of amides is 1. The van der Waals surface area contributed by atoms with Gasteiger partial charge in [0, 0.05) is 74.3 Å². The van der Waals surface area contributed by atoms with Crippen molar-refractivity contribution in [3.05, 3.63) is 67.3 Å². The molecule has 1 N–H and O–H groups in total. The van der Waals surface area contributed by atoms with Crippen LogP contribution < -0.4 is 5.32 Å². The number of rotatable bonds is 8. The van der Waals surface area contributed by atoms with Crippen LogP contribution in [0.25, 0.3) is 22.5 Å². The topological polar surface area (TPSA) is 135 Å². The normalized spacial score (nSPS) is 14.5. The molecule has 1 amide bonds. The fourth-order valence-electron chi connectivity index (χ4n) is 5.00. The highest BCUT2D eigenvalue weighted by Crippen LogP contribution is 2.30. The molecule has 4 aromatic rings. The summed E-state index contributed by atoms with van der Waals surface area (Å²) in [4.78, 5) is 27.5. The largest absolute Gasteiger partial charge is 0.444 e. The van der Waals surface area contributed by atoms with Crippen molar-refractivity contribution in [2.75, 3.05) is 25.5 Å². The van der Waals surface area contributed by atoms with E-state index < -0.39 is 15.6 Å². The molecule has 4 heterocycles. The number of pyridine rings is 1. The molecule has 3 aromatic heterocycles. The molecule has 232 valence electrons. The van der Waals surface area contributed by atoms with Crippen LogP contribution in [0.1, 0.15) is 40.5 Å². The van der Waals surface area contributed by atoms with Crippen molar-refractivity contribution in [1.82, 2.24) is 33.9 Å². The summed E-state index contributed by atoms with van der Waals surface area (Å²) >= 11 is 0. The number of hydrogen-bond donors (Lipinski definition) is 1. The van der Waals surface area contributed by atoms with Crippen LogP contribution in [0, 0.1) is 0 Å². The first-order valence-electron chi connectivity index (χ1n) is 14.6. The number of carbonyl (C=O) groups is 1. The van der Waals surface area contributed by atoms with E-state index in [1.165, 1.54) is 4.31 Å². The second kappa shape index (κ2) is 12.7. The van der Waals surface area contributed by atoms with Gasteiger partial charge in [0.2, 0.25) is 16.0 Å². The van der Waals surface area contributed by atoms with Gasteiger partial charge in [0.1, 0.15) is 11.3 Å². The van der Waals surface area contributed by atoms with E-state index in [2.05, 4.69) is 15.3 Å². The summed E-state index contributed by atoms with van der Waals surface area (Å²) in [6.45, 7) is 9.08. The molecule has 0 bridgehead atoms. The van der Waals surface area contributed by atoms with E-state index in [0.717, 1.165) is 16.8 Å². The quantitative estimate of drug-likeness (QED) is 0.283. The fraction of sp³-hybridized carbons (Fsp3) is 0.387. The van der Waals surface area contributed by atoms with Crippen LogP contribution in [-0.4, -0.2) is 80.2 Å². The molecular formula is C31H38N8O4S. The number of piperidine rings is 1. The van der Waals surface area contributed by atoms with Gasteiger partial charge in [-0.25, -0.2) is 23.2 Å². The van der Waals surface area contributed by atoms with Crippen molar-refractivity contribution in [1.29, 1.82) is 0 Å². The molecule has 13 heteroatoms. The number of ether oxygens (including phenoxy) is 1. The molecule has 0 saturated carbocycles. The molecular weight excluding hydrogens is 580 g/mol. The highest BCUT2D eigenvalue weighted by atomic mass is 32.2. The Morgan fingerprint density at radius 1 is 1.09 bits per heavy atom. The zero-order valence-corrected chi connectivity index (χ0v) is 26.5. The number of carbonyl (C=O) groups excluding carboxylic acids is 1. The average molecular weight is 619 g/mol. The number of anilines is 2. The van der Waals surface area contributed by atoms with Gasteiger partial charge in [0.25, 0.3) is 0 Å².